The van der Waals surface area contributed by atoms with E-state index in [0.29, 0.717) is 5.56 Å². The van der Waals surface area contributed by atoms with Gasteiger partial charge in [0.15, 0.2) is 0 Å². The van der Waals surface area contributed by atoms with Gasteiger partial charge < -0.3 is 10.3 Å². The highest BCUT2D eigenvalue weighted by Crippen LogP contribution is 2.17. The summed E-state index contributed by atoms with van der Waals surface area (Å²) < 4.78 is 0. The summed E-state index contributed by atoms with van der Waals surface area (Å²) >= 11 is 0. The van der Waals surface area contributed by atoms with E-state index < -0.39 is 0 Å². The lowest BCUT2D eigenvalue weighted by atomic mass is 10.0. The predicted molar refractivity (Wildman–Crippen MR) is 73.2 cm³/mol. The number of nitrogens with one attached hydrogen (secondary N) is 2. The predicted octanol–water partition coefficient (Wildman–Crippen LogP) is 2.56. The first-order valence-electron chi connectivity index (χ1n) is 5.96. The monoisotopic (exact) mass is 240 g/mol. The number of para-hydroxylation sites is 1. The molecular formula is C15H16N2O. The van der Waals surface area contributed by atoms with Gasteiger partial charge in [0.2, 0.25) is 0 Å². The molecule has 2 rings (SSSR count). The topological polar surface area (TPSA) is 44.9 Å². The molecule has 18 heavy (non-hydrogen) atoms. The van der Waals surface area contributed by atoms with E-state index in [1.807, 2.05) is 38.1 Å². The highest BCUT2D eigenvalue weighted by atomic mass is 16.1. The van der Waals surface area contributed by atoms with Crippen LogP contribution in [0.15, 0.2) is 30.5 Å². The molecular weight excluding hydrogens is 224 g/mol. The summed E-state index contributed by atoms with van der Waals surface area (Å²) in [7, 11) is 0. The fourth-order valence-corrected chi connectivity index (χ4v) is 1.88. The summed E-state index contributed by atoms with van der Waals surface area (Å²) in [5.74, 6) is 2.68. The van der Waals surface area contributed by atoms with Crippen LogP contribution in [-0.2, 0) is 0 Å². The van der Waals surface area contributed by atoms with Crippen molar-refractivity contribution in [1.82, 2.24) is 10.3 Å². The fraction of sp³-hybridized carbons (Fsp3) is 0.267. The average Bonchev–Trinajstić information content (AvgIpc) is 2.79. The van der Waals surface area contributed by atoms with Crippen LogP contribution in [0, 0.1) is 18.3 Å². The van der Waals surface area contributed by atoms with Gasteiger partial charge in [-0.2, -0.15) is 0 Å². The summed E-state index contributed by atoms with van der Waals surface area (Å²) in [4.78, 5) is 15.2. The van der Waals surface area contributed by atoms with Crippen LogP contribution in [0.4, 0.5) is 0 Å². The third-order valence-corrected chi connectivity index (χ3v) is 2.97. The fourth-order valence-electron chi connectivity index (χ4n) is 1.88. The second-order valence-electron chi connectivity index (χ2n) is 4.61. The van der Waals surface area contributed by atoms with Crippen LogP contribution in [0.3, 0.4) is 0 Å². The lowest BCUT2D eigenvalue weighted by Gasteiger charge is -2.16. The third kappa shape index (κ3) is 2.23. The molecule has 1 aromatic carbocycles. The number of carbonyl (C=O) groups excluding carboxylic acids is 1. The van der Waals surface area contributed by atoms with E-state index in [1.165, 1.54) is 0 Å². The standard InChI is InChI=1S/C15H16N2O/c1-4-13(10(2)3)17-15(18)12-9-16-14-8-6-5-7-11(12)14/h1,5-10,13,16H,2-3H3,(H,17,18). The number of H-pyrrole nitrogens is 1. The Morgan fingerprint density at radius 1 is 1.39 bits per heavy atom. The van der Waals surface area contributed by atoms with E-state index in [9.17, 15) is 4.79 Å². The van der Waals surface area contributed by atoms with Crippen molar-refractivity contribution in [3.8, 4) is 12.3 Å². The molecule has 0 aliphatic heterocycles. The minimum atomic E-state index is -0.244. The summed E-state index contributed by atoms with van der Waals surface area (Å²) in [6.45, 7) is 3.97. The van der Waals surface area contributed by atoms with Crippen LogP contribution in [0.5, 0.6) is 0 Å². The van der Waals surface area contributed by atoms with Crippen LogP contribution < -0.4 is 5.32 Å². The molecule has 1 heterocycles. The molecule has 0 saturated carbocycles. The Morgan fingerprint density at radius 2 is 2.11 bits per heavy atom. The molecule has 0 bridgehead atoms. The van der Waals surface area contributed by atoms with Crippen molar-refractivity contribution in [2.75, 3.05) is 0 Å². The minimum absolute atomic E-state index is 0.135. The first-order valence-corrected chi connectivity index (χ1v) is 5.96. The van der Waals surface area contributed by atoms with Gasteiger partial charge in [0.25, 0.3) is 5.91 Å². The van der Waals surface area contributed by atoms with Crippen molar-refractivity contribution in [2.24, 2.45) is 5.92 Å². The van der Waals surface area contributed by atoms with E-state index in [4.69, 9.17) is 6.42 Å². The molecule has 0 fully saturated rings. The first kappa shape index (κ1) is 12.3. The zero-order chi connectivity index (χ0) is 13.1. The molecule has 1 aromatic heterocycles. The van der Waals surface area contributed by atoms with Gasteiger partial charge in [-0.25, -0.2) is 0 Å². The van der Waals surface area contributed by atoms with Gasteiger partial charge in [0.1, 0.15) is 0 Å². The van der Waals surface area contributed by atoms with Gasteiger partial charge in [-0.1, -0.05) is 38.0 Å². The quantitative estimate of drug-likeness (QED) is 0.796. The number of aromatic nitrogens is 1. The van der Waals surface area contributed by atoms with Crippen LogP contribution in [-0.4, -0.2) is 16.9 Å². The van der Waals surface area contributed by atoms with E-state index in [-0.39, 0.29) is 17.9 Å². The van der Waals surface area contributed by atoms with Gasteiger partial charge in [0, 0.05) is 17.1 Å². The molecule has 2 N–H and O–H groups in total. The molecule has 3 heteroatoms. The van der Waals surface area contributed by atoms with Crippen LogP contribution in [0.2, 0.25) is 0 Å². The van der Waals surface area contributed by atoms with Gasteiger partial charge in [0.05, 0.1) is 11.6 Å². The third-order valence-electron chi connectivity index (χ3n) is 2.97. The van der Waals surface area contributed by atoms with Gasteiger partial charge in [-0.05, 0) is 12.0 Å². The van der Waals surface area contributed by atoms with Crippen molar-refractivity contribution < 1.29 is 4.79 Å². The first-order chi connectivity index (χ1) is 8.63. The van der Waals surface area contributed by atoms with Crippen molar-refractivity contribution in [2.45, 2.75) is 19.9 Å². The molecule has 0 saturated heterocycles. The number of rotatable bonds is 3. The second kappa shape index (κ2) is 4.97. The molecule has 1 unspecified atom stereocenters. The zero-order valence-electron chi connectivity index (χ0n) is 10.5. The number of benzene rings is 1. The Morgan fingerprint density at radius 3 is 2.78 bits per heavy atom. The average molecular weight is 240 g/mol. The SMILES string of the molecule is C#CC(NC(=O)c1c[nH]c2ccccc12)C(C)C. The van der Waals surface area contributed by atoms with Crippen LogP contribution in [0.25, 0.3) is 10.9 Å². The number of hydrogen-bond acceptors (Lipinski definition) is 1. The Bertz CT molecular complexity index is 604. The summed E-state index contributed by atoms with van der Waals surface area (Å²) in [5, 5.41) is 3.78. The molecule has 0 aliphatic carbocycles. The molecule has 1 amide bonds. The van der Waals surface area contributed by atoms with Crippen molar-refractivity contribution >= 4 is 16.8 Å². The Kier molecular flexibility index (Phi) is 3.38. The number of hydrogen-bond donors (Lipinski definition) is 2. The summed E-state index contributed by atoms with van der Waals surface area (Å²) in [6.07, 6.45) is 7.13. The molecule has 92 valence electrons. The molecule has 0 radical (unpaired) electrons. The Hall–Kier alpha value is -2.21. The maximum atomic E-state index is 12.2. The molecule has 0 aliphatic rings. The van der Waals surface area contributed by atoms with E-state index in [1.54, 1.807) is 6.20 Å². The Labute approximate surface area is 107 Å². The summed E-state index contributed by atoms with van der Waals surface area (Å²) in [5.41, 5.74) is 1.58. The van der Waals surface area contributed by atoms with Crippen LogP contribution >= 0.6 is 0 Å². The lowest BCUT2D eigenvalue weighted by Crippen LogP contribution is -2.37. The highest BCUT2D eigenvalue weighted by molar-refractivity contribution is 6.06. The van der Waals surface area contributed by atoms with Crippen molar-refractivity contribution in [3.05, 3.63) is 36.0 Å². The molecule has 0 spiro atoms. The van der Waals surface area contributed by atoms with Gasteiger partial charge in [-0.15, -0.1) is 6.42 Å². The van der Waals surface area contributed by atoms with Crippen molar-refractivity contribution in [3.63, 3.8) is 0 Å². The molecule has 3 nitrogen and oxygen atoms in total. The Balaban J connectivity index is 2.27. The number of carbonyl (C=O) groups is 1. The lowest BCUT2D eigenvalue weighted by molar-refractivity contribution is 0.0940. The number of fused-ring (bicyclic) bond motifs is 1. The van der Waals surface area contributed by atoms with Crippen molar-refractivity contribution in [1.29, 1.82) is 0 Å². The summed E-state index contributed by atoms with van der Waals surface area (Å²) in [6, 6.07) is 7.45. The maximum Gasteiger partial charge on any atom is 0.254 e. The van der Waals surface area contributed by atoms with E-state index in [0.717, 1.165) is 10.9 Å². The normalized spacial score (nSPS) is 12.3. The largest absolute Gasteiger partial charge is 0.360 e. The van der Waals surface area contributed by atoms with E-state index in [2.05, 4.69) is 16.2 Å². The molecule has 2 aromatic rings. The zero-order valence-corrected chi connectivity index (χ0v) is 10.5. The van der Waals surface area contributed by atoms with E-state index >= 15 is 0 Å². The number of aromatic amines is 1. The number of terminal acetylenes is 1. The number of amides is 1. The van der Waals surface area contributed by atoms with Gasteiger partial charge >= 0.3 is 0 Å². The second-order valence-corrected chi connectivity index (χ2v) is 4.61. The minimum Gasteiger partial charge on any atom is -0.360 e. The smallest absolute Gasteiger partial charge is 0.254 e. The van der Waals surface area contributed by atoms with Crippen LogP contribution in [0.1, 0.15) is 24.2 Å². The van der Waals surface area contributed by atoms with Gasteiger partial charge in [-0.3, -0.25) is 4.79 Å². The maximum absolute atomic E-state index is 12.2. The highest BCUT2D eigenvalue weighted by Gasteiger charge is 2.17. The molecule has 1 atom stereocenters.